The Morgan fingerprint density at radius 2 is 1.19 bits per heavy atom. The molecule has 27 heavy (non-hydrogen) atoms. The molecule has 0 radical (unpaired) electrons. The summed E-state index contributed by atoms with van der Waals surface area (Å²) in [6.45, 7) is 2.33. The number of rotatable bonds is 2. The molecule has 0 aliphatic heterocycles. The van der Waals surface area contributed by atoms with Crippen LogP contribution in [0.5, 0.6) is 0 Å². The summed E-state index contributed by atoms with van der Waals surface area (Å²) in [6.07, 6.45) is 0. The zero-order valence-corrected chi connectivity index (χ0v) is 16.7. The average molecular weight is 411 g/mol. The monoisotopic (exact) mass is 410 g/mol. The maximum atomic E-state index is 3.91. The van der Waals surface area contributed by atoms with Gasteiger partial charge in [0.25, 0.3) is 0 Å². The summed E-state index contributed by atoms with van der Waals surface area (Å²) >= 11 is 3.91. The van der Waals surface area contributed by atoms with E-state index in [1.54, 1.807) is 0 Å². The van der Waals surface area contributed by atoms with Crippen LogP contribution in [-0.2, 0) is 0 Å². The number of hydrogen-bond donors (Lipinski definition) is 0. The Hall–Kier alpha value is -2.64. The van der Waals surface area contributed by atoms with Gasteiger partial charge in [0.15, 0.2) is 0 Å². The van der Waals surface area contributed by atoms with Crippen molar-refractivity contribution >= 4 is 15.9 Å². The third kappa shape index (κ3) is 2.57. The summed E-state index contributed by atoms with van der Waals surface area (Å²) in [5.74, 6) is 0.377. The van der Waals surface area contributed by atoms with Crippen LogP contribution < -0.4 is 0 Å². The Kier molecular flexibility index (Phi) is 3.98. The van der Waals surface area contributed by atoms with E-state index in [0.29, 0.717) is 5.92 Å². The van der Waals surface area contributed by atoms with Crippen molar-refractivity contribution in [3.63, 3.8) is 0 Å². The van der Waals surface area contributed by atoms with Gasteiger partial charge >= 0.3 is 0 Å². The molecular weight excluding hydrogens is 392 g/mol. The van der Waals surface area contributed by atoms with Crippen LogP contribution in [0, 0.1) is 0 Å². The predicted octanol–water partition coefficient (Wildman–Crippen LogP) is 7.92. The quantitative estimate of drug-likeness (QED) is 0.314. The van der Waals surface area contributed by atoms with Gasteiger partial charge < -0.3 is 0 Å². The highest BCUT2D eigenvalue weighted by molar-refractivity contribution is 9.10. The maximum Gasteiger partial charge on any atom is 0.0266 e. The molecule has 1 aliphatic carbocycles. The summed E-state index contributed by atoms with van der Waals surface area (Å²) in [6, 6.07) is 32.6. The highest BCUT2D eigenvalue weighted by Crippen LogP contribution is 2.53. The second-order valence-electron chi connectivity index (χ2n) is 7.11. The minimum absolute atomic E-state index is 0.377. The van der Waals surface area contributed by atoms with E-state index in [1.165, 1.54) is 44.5 Å². The molecule has 1 unspecified atom stereocenters. The molecule has 1 heteroatoms. The van der Waals surface area contributed by atoms with E-state index >= 15 is 0 Å². The smallest absolute Gasteiger partial charge is 0.0266 e. The normalized spacial score (nSPS) is 14.7. The van der Waals surface area contributed by atoms with Crippen molar-refractivity contribution in [1.82, 2.24) is 0 Å². The molecule has 5 rings (SSSR count). The van der Waals surface area contributed by atoms with Crippen molar-refractivity contribution in [2.75, 3.05) is 0 Å². The SMILES string of the molecule is CC1c2ccccc2-c2cc(Br)c(-c3ccccc3)c(-c3ccccc3)c21. The van der Waals surface area contributed by atoms with Crippen molar-refractivity contribution in [1.29, 1.82) is 0 Å². The molecule has 130 valence electrons. The molecule has 0 heterocycles. The predicted molar refractivity (Wildman–Crippen MR) is 118 cm³/mol. The zero-order chi connectivity index (χ0) is 18.4. The summed E-state index contributed by atoms with van der Waals surface area (Å²) in [5, 5.41) is 0. The highest BCUT2D eigenvalue weighted by Gasteiger charge is 2.31. The van der Waals surface area contributed by atoms with E-state index < -0.39 is 0 Å². The van der Waals surface area contributed by atoms with Crippen LogP contribution in [0.1, 0.15) is 24.0 Å². The molecule has 0 aromatic heterocycles. The molecule has 1 atom stereocenters. The molecule has 0 N–H and O–H groups in total. The molecule has 0 saturated heterocycles. The van der Waals surface area contributed by atoms with Gasteiger partial charge in [-0.2, -0.15) is 0 Å². The highest BCUT2D eigenvalue weighted by atomic mass is 79.9. The van der Waals surface area contributed by atoms with Crippen LogP contribution in [-0.4, -0.2) is 0 Å². The van der Waals surface area contributed by atoms with Crippen LogP contribution in [0.25, 0.3) is 33.4 Å². The lowest BCUT2D eigenvalue weighted by molar-refractivity contribution is 0.959. The summed E-state index contributed by atoms with van der Waals surface area (Å²) in [4.78, 5) is 0. The summed E-state index contributed by atoms with van der Waals surface area (Å²) in [5.41, 5.74) is 10.7. The molecule has 4 aromatic rings. The third-order valence-corrected chi connectivity index (χ3v) is 6.22. The molecule has 4 aromatic carbocycles. The lowest BCUT2D eigenvalue weighted by Crippen LogP contribution is -1.97. The summed E-state index contributed by atoms with van der Waals surface area (Å²) < 4.78 is 1.15. The van der Waals surface area contributed by atoms with Gasteiger partial charge in [-0.25, -0.2) is 0 Å². The largest absolute Gasteiger partial charge is 0.0622 e. The van der Waals surface area contributed by atoms with E-state index in [0.717, 1.165) is 4.47 Å². The molecular formula is C26H19Br. The van der Waals surface area contributed by atoms with E-state index in [9.17, 15) is 0 Å². The first-order chi connectivity index (χ1) is 13.3. The zero-order valence-electron chi connectivity index (χ0n) is 15.1. The van der Waals surface area contributed by atoms with Crippen LogP contribution in [0.2, 0.25) is 0 Å². The van der Waals surface area contributed by atoms with E-state index in [2.05, 4.69) is 114 Å². The fraction of sp³-hybridized carbons (Fsp3) is 0.0769. The molecule has 0 nitrogen and oxygen atoms in total. The third-order valence-electron chi connectivity index (χ3n) is 5.59. The topological polar surface area (TPSA) is 0 Å². The molecule has 0 spiro atoms. The van der Waals surface area contributed by atoms with Gasteiger partial charge in [0.1, 0.15) is 0 Å². The molecule has 0 amide bonds. The van der Waals surface area contributed by atoms with Gasteiger partial charge in [-0.05, 0) is 45.0 Å². The second kappa shape index (κ2) is 6.51. The standard InChI is InChI=1S/C26H19Br/c1-17-20-14-8-9-15-21(20)22-16-23(27)25(18-10-4-2-5-11-18)26(24(17)22)19-12-6-3-7-13-19/h2-17H,1H3. The van der Waals surface area contributed by atoms with Crippen molar-refractivity contribution < 1.29 is 0 Å². The van der Waals surface area contributed by atoms with Crippen molar-refractivity contribution in [2.45, 2.75) is 12.8 Å². The van der Waals surface area contributed by atoms with Crippen LogP contribution in [0.3, 0.4) is 0 Å². The van der Waals surface area contributed by atoms with Gasteiger partial charge in [-0.15, -0.1) is 0 Å². The Bertz CT molecular complexity index is 1130. The lowest BCUT2D eigenvalue weighted by atomic mass is 9.85. The number of hydrogen-bond acceptors (Lipinski definition) is 0. The van der Waals surface area contributed by atoms with Gasteiger partial charge in [-0.1, -0.05) is 108 Å². The minimum Gasteiger partial charge on any atom is -0.0622 e. The Morgan fingerprint density at radius 3 is 1.85 bits per heavy atom. The first-order valence-corrected chi connectivity index (χ1v) is 10.1. The number of halogens is 1. The molecule has 1 aliphatic rings. The first kappa shape index (κ1) is 16.5. The van der Waals surface area contributed by atoms with E-state index in [-0.39, 0.29) is 0 Å². The first-order valence-electron chi connectivity index (χ1n) is 9.32. The molecule has 0 fully saturated rings. The van der Waals surface area contributed by atoms with Gasteiger partial charge in [0.2, 0.25) is 0 Å². The fourth-order valence-corrected chi connectivity index (χ4v) is 5.06. The number of benzene rings is 4. The fourth-order valence-electron chi connectivity index (χ4n) is 4.41. The van der Waals surface area contributed by atoms with Crippen molar-refractivity contribution in [3.05, 3.63) is 107 Å². The van der Waals surface area contributed by atoms with Gasteiger partial charge in [-0.3, -0.25) is 0 Å². The summed E-state index contributed by atoms with van der Waals surface area (Å²) in [7, 11) is 0. The van der Waals surface area contributed by atoms with E-state index in [1.807, 2.05) is 0 Å². The lowest BCUT2D eigenvalue weighted by Gasteiger charge is -2.20. The van der Waals surface area contributed by atoms with Crippen molar-refractivity contribution in [2.24, 2.45) is 0 Å². The van der Waals surface area contributed by atoms with Crippen molar-refractivity contribution in [3.8, 4) is 33.4 Å². The average Bonchev–Trinajstić information content (AvgIpc) is 3.00. The Balaban J connectivity index is 1.91. The van der Waals surface area contributed by atoms with Crippen LogP contribution >= 0.6 is 15.9 Å². The second-order valence-corrected chi connectivity index (χ2v) is 7.96. The molecule has 0 bridgehead atoms. The number of fused-ring (bicyclic) bond motifs is 3. The van der Waals surface area contributed by atoms with E-state index in [4.69, 9.17) is 0 Å². The van der Waals surface area contributed by atoms with Gasteiger partial charge in [0.05, 0.1) is 0 Å². The maximum absolute atomic E-state index is 3.91. The van der Waals surface area contributed by atoms with Crippen LogP contribution in [0.15, 0.2) is 95.5 Å². The Labute approximate surface area is 168 Å². The molecule has 0 saturated carbocycles. The minimum atomic E-state index is 0.377. The Morgan fingerprint density at radius 1 is 0.630 bits per heavy atom. The van der Waals surface area contributed by atoms with Gasteiger partial charge in [0, 0.05) is 16.0 Å². The van der Waals surface area contributed by atoms with Crippen LogP contribution in [0.4, 0.5) is 0 Å².